The van der Waals surface area contributed by atoms with Crippen molar-refractivity contribution in [1.82, 2.24) is 0 Å². The molecule has 0 bridgehead atoms. The second-order valence-electron chi connectivity index (χ2n) is 7.63. The molecule has 0 radical (unpaired) electrons. The molecule has 3 nitrogen and oxygen atoms in total. The Labute approximate surface area is 170 Å². The largest absolute Gasteiger partial charge is 0.494 e. The zero-order chi connectivity index (χ0) is 19.8. The minimum Gasteiger partial charge on any atom is -0.494 e. The lowest BCUT2D eigenvalue weighted by atomic mass is 9.82. The van der Waals surface area contributed by atoms with Gasteiger partial charge in [0.1, 0.15) is 5.75 Å². The number of rotatable bonds is 4. The minimum absolute atomic E-state index is 0.206. The quantitative estimate of drug-likeness (QED) is 0.525. The van der Waals surface area contributed by atoms with Crippen molar-refractivity contribution in [3.63, 3.8) is 0 Å². The summed E-state index contributed by atoms with van der Waals surface area (Å²) in [6, 6.07) is 30.7. The van der Waals surface area contributed by atoms with Crippen LogP contribution in [0.15, 0.2) is 91.0 Å². The predicted molar refractivity (Wildman–Crippen MR) is 114 cm³/mol. The van der Waals surface area contributed by atoms with E-state index in [0.717, 1.165) is 28.1 Å². The Morgan fingerprint density at radius 2 is 1.62 bits per heavy atom. The van der Waals surface area contributed by atoms with Gasteiger partial charge < -0.3 is 9.84 Å². The molecule has 2 unspecified atom stereocenters. The van der Waals surface area contributed by atoms with Gasteiger partial charge in [-0.15, -0.1) is 0 Å². The first-order valence-corrected chi connectivity index (χ1v) is 10.1. The molecule has 1 aromatic heterocycles. The van der Waals surface area contributed by atoms with Gasteiger partial charge in [0.15, 0.2) is 11.3 Å². The average molecular weight is 382 g/mol. The van der Waals surface area contributed by atoms with Crippen molar-refractivity contribution in [3.8, 4) is 5.75 Å². The highest BCUT2D eigenvalue weighted by molar-refractivity contribution is 5.75. The zero-order valence-corrected chi connectivity index (χ0v) is 16.5. The molecular weight excluding hydrogens is 358 g/mol. The van der Waals surface area contributed by atoms with Gasteiger partial charge in [-0.25, -0.2) is 0 Å². The summed E-state index contributed by atoms with van der Waals surface area (Å²) in [5.41, 5.74) is 3.24. The van der Waals surface area contributed by atoms with Crippen molar-refractivity contribution in [3.05, 3.63) is 108 Å². The fraction of sp³-hybridized carbons (Fsp3) is 0.192. The van der Waals surface area contributed by atoms with Crippen LogP contribution < -0.4 is 9.30 Å². The molecule has 144 valence electrons. The third kappa shape index (κ3) is 2.90. The Bertz CT molecular complexity index is 1150. The van der Waals surface area contributed by atoms with E-state index in [1.54, 1.807) is 0 Å². The molecule has 1 N–H and O–H groups in total. The summed E-state index contributed by atoms with van der Waals surface area (Å²) in [6.45, 7) is 2.60. The van der Waals surface area contributed by atoms with Crippen LogP contribution in [-0.2, 0) is 12.0 Å². The summed E-state index contributed by atoms with van der Waals surface area (Å²) >= 11 is 0. The van der Waals surface area contributed by atoms with Crippen molar-refractivity contribution < 1.29 is 14.4 Å². The lowest BCUT2D eigenvalue weighted by molar-refractivity contribution is -0.693. The van der Waals surface area contributed by atoms with Crippen LogP contribution in [0, 0.1) is 0 Å². The Balaban J connectivity index is 1.72. The zero-order valence-electron chi connectivity index (χ0n) is 16.5. The maximum atomic E-state index is 12.1. The molecule has 4 aromatic rings. The SMILES string of the molecule is CCOc1ccc(C2(O)Cc3ccc4ccccc4[n+]3C2c2ccccc2)cc1. The maximum Gasteiger partial charge on any atom is 0.217 e. The maximum absolute atomic E-state index is 12.1. The molecule has 3 heteroatoms. The third-order valence-electron chi connectivity index (χ3n) is 5.90. The van der Waals surface area contributed by atoms with E-state index < -0.39 is 5.60 Å². The van der Waals surface area contributed by atoms with Crippen LogP contribution in [0.5, 0.6) is 5.75 Å². The van der Waals surface area contributed by atoms with Crippen LogP contribution in [0.3, 0.4) is 0 Å². The van der Waals surface area contributed by atoms with Crippen LogP contribution in [0.25, 0.3) is 10.9 Å². The smallest absolute Gasteiger partial charge is 0.217 e. The van der Waals surface area contributed by atoms with Crippen molar-refractivity contribution in [2.24, 2.45) is 0 Å². The van der Waals surface area contributed by atoms with Crippen LogP contribution in [-0.4, -0.2) is 11.7 Å². The topological polar surface area (TPSA) is 33.3 Å². The molecule has 29 heavy (non-hydrogen) atoms. The molecule has 1 aliphatic rings. The number of para-hydroxylation sites is 1. The number of pyridine rings is 1. The summed E-state index contributed by atoms with van der Waals surface area (Å²) in [5, 5.41) is 13.3. The number of benzene rings is 3. The fourth-order valence-electron chi connectivity index (χ4n) is 4.63. The molecule has 3 aromatic carbocycles. The number of ether oxygens (including phenoxy) is 1. The Kier molecular flexibility index (Phi) is 4.33. The number of hydrogen-bond acceptors (Lipinski definition) is 2. The number of nitrogens with zero attached hydrogens (tertiary/aromatic N) is 1. The molecule has 1 aliphatic heterocycles. The fourth-order valence-corrected chi connectivity index (χ4v) is 4.63. The van der Waals surface area contributed by atoms with Gasteiger partial charge in [-0.1, -0.05) is 54.6 Å². The van der Waals surface area contributed by atoms with Gasteiger partial charge >= 0.3 is 0 Å². The van der Waals surface area contributed by atoms with Gasteiger partial charge in [0.05, 0.1) is 13.0 Å². The van der Waals surface area contributed by atoms with Gasteiger partial charge in [-0.2, -0.15) is 4.57 Å². The van der Waals surface area contributed by atoms with E-state index in [9.17, 15) is 5.11 Å². The molecule has 0 aliphatic carbocycles. The first-order chi connectivity index (χ1) is 14.2. The summed E-state index contributed by atoms with van der Waals surface area (Å²) in [7, 11) is 0. The first kappa shape index (κ1) is 17.9. The second kappa shape index (κ2) is 7.02. The van der Waals surface area contributed by atoms with E-state index in [1.165, 1.54) is 5.39 Å². The van der Waals surface area contributed by atoms with Crippen molar-refractivity contribution >= 4 is 10.9 Å². The second-order valence-corrected chi connectivity index (χ2v) is 7.63. The molecule has 2 atom stereocenters. The Morgan fingerprint density at radius 3 is 2.38 bits per heavy atom. The van der Waals surface area contributed by atoms with E-state index >= 15 is 0 Å². The highest BCUT2D eigenvalue weighted by Gasteiger charge is 2.54. The summed E-state index contributed by atoms with van der Waals surface area (Å²) in [4.78, 5) is 0. The lowest BCUT2D eigenvalue weighted by Gasteiger charge is -2.26. The first-order valence-electron chi connectivity index (χ1n) is 10.1. The molecule has 0 amide bonds. The standard InChI is InChI=1S/C26H24NO2/c1-2-29-23-16-13-21(14-17-23)26(28)18-22-15-12-19-8-6-7-11-24(19)27(22)25(26)20-9-4-3-5-10-20/h3-17,25,28H,2,18H2,1H3/q+1. The highest BCUT2D eigenvalue weighted by Crippen LogP contribution is 2.43. The van der Waals surface area contributed by atoms with Crippen molar-refractivity contribution in [2.75, 3.05) is 6.61 Å². The highest BCUT2D eigenvalue weighted by atomic mass is 16.5. The van der Waals surface area contributed by atoms with Crippen LogP contribution in [0.1, 0.15) is 29.8 Å². The number of aromatic nitrogens is 1. The molecule has 0 fully saturated rings. The molecular formula is C26H24NO2+. The lowest BCUT2D eigenvalue weighted by Crippen LogP contribution is -2.47. The van der Waals surface area contributed by atoms with Crippen LogP contribution in [0.4, 0.5) is 0 Å². The van der Waals surface area contributed by atoms with Crippen molar-refractivity contribution in [2.45, 2.75) is 25.0 Å². The van der Waals surface area contributed by atoms with E-state index in [1.807, 2.05) is 49.4 Å². The Hall–Kier alpha value is -3.17. The molecule has 0 saturated carbocycles. The van der Waals surface area contributed by atoms with E-state index in [4.69, 9.17) is 4.74 Å². The molecule has 0 saturated heterocycles. The van der Waals surface area contributed by atoms with E-state index in [0.29, 0.717) is 13.0 Å². The molecule has 2 heterocycles. The number of hydrogen-bond donors (Lipinski definition) is 1. The van der Waals surface area contributed by atoms with Gasteiger partial charge in [-0.05, 0) is 36.8 Å². The number of aliphatic hydroxyl groups is 1. The van der Waals surface area contributed by atoms with E-state index in [-0.39, 0.29) is 6.04 Å². The van der Waals surface area contributed by atoms with Crippen LogP contribution >= 0.6 is 0 Å². The summed E-state index contributed by atoms with van der Waals surface area (Å²) in [6.07, 6.45) is 0.561. The monoisotopic (exact) mass is 382 g/mol. The average Bonchev–Trinajstić information content (AvgIpc) is 3.08. The van der Waals surface area contributed by atoms with Gasteiger partial charge in [0.25, 0.3) is 0 Å². The molecule has 5 rings (SSSR count). The Morgan fingerprint density at radius 1 is 0.897 bits per heavy atom. The van der Waals surface area contributed by atoms with Gasteiger partial charge in [0.2, 0.25) is 11.6 Å². The molecule has 0 spiro atoms. The van der Waals surface area contributed by atoms with Crippen molar-refractivity contribution in [1.29, 1.82) is 0 Å². The van der Waals surface area contributed by atoms with Crippen LogP contribution in [0.2, 0.25) is 0 Å². The third-order valence-corrected chi connectivity index (χ3v) is 5.90. The van der Waals surface area contributed by atoms with Gasteiger partial charge in [0, 0.05) is 23.1 Å². The van der Waals surface area contributed by atoms with E-state index in [2.05, 4.69) is 53.1 Å². The predicted octanol–water partition coefficient (Wildman–Crippen LogP) is 4.56. The summed E-state index contributed by atoms with van der Waals surface area (Å²) < 4.78 is 7.91. The normalized spacial score (nSPS) is 20.6. The van der Waals surface area contributed by atoms with Gasteiger partial charge in [-0.3, -0.25) is 0 Å². The minimum atomic E-state index is -1.04. The number of fused-ring (bicyclic) bond motifs is 3. The summed E-state index contributed by atoms with van der Waals surface area (Å²) in [5.74, 6) is 0.824.